The Kier molecular flexibility index (Phi) is 6.99. The van der Waals surface area contributed by atoms with Crippen molar-refractivity contribution in [1.82, 2.24) is 15.6 Å². The van der Waals surface area contributed by atoms with Crippen molar-refractivity contribution in [2.45, 2.75) is 24.3 Å². The molecule has 2 rings (SSSR count). The molecule has 1 aromatic heterocycles. The molecule has 1 heterocycles. The van der Waals surface area contributed by atoms with Crippen LogP contribution in [0.5, 0.6) is 0 Å². The van der Waals surface area contributed by atoms with E-state index in [0.717, 1.165) is 5.56 Å². The molecule has 0 bridgehead atoms. The van der Waals surface area contributed by atoms with Gasteiger partial charge in [-0.3, -0.25) is 9.78 Å². The first-order valence-corrected chi connectivity index (χ1v) is 8.71. The van der Waals surface area contributed by atoms with E-state index in [1.165, 1.54) is 6.92 Å². The van der Waals surface area contributed by atoms with Crippen molar-refractivity contribution >= 4 is 40.8 Å². The van der Waals surface area contributed by atoms with Crippen molar-refractivity contribution in [3.05, 3.63) is 59.9 Å². The summed E-state index contributed by atoms with van der Waals surface area (Å²) >= 11 is 12.4. The Morgan fingerprint density at radius 3 is 2.67 bits per heavy atom. The third-order valence-corrected chi connectivity index (χ3v) is 3.87. The molecule has 0 spiro atoms. The van der Waals surface area contributed by atoms with Crippen molar-refractivity contribution in [2.75, 3.05) is 5.32 Å². The quantitative estimate of drug-likeness (QED) is 0.233. The number of nitriles is 1. The average Bonchev–Trinajstić information content (AvgIpc) is 2.61. The summed E-state index contributed by atoms with van der Waals surface area (Å²) in [4.78, 5) is 20.2. The number of nitrogens with zero attached hydrogens (tertiary/aromatic N) is 3. The van der Waals surface area contributed by atoms with Gasteiger partial charge in [0.25, 0.3) is 5.91 Å². The molecule has 0 aliphatic carbocycles. The van der Waals surface area contributed by atoms with Gasteiger partial charge in [0.15, 0.2) is 4.33 Å². The molecule has 0 saturated carbocycles. The lowest BCUT2D eigenvalue weighted by molar-refractivity contribution is 0.0930. The van der Waals surface area contributed by atoms with E-state index in [-0.39, 0.29) is 11.9 Å². The molecule has 7 nitrogen and oxygen atoms in total. The lowest BCUT2D eigenvalue weighted by atomic mass is 10.1. The van der Waals surface area contributed by atoms with Crippen LogP contribution in [0.15, 0.2) is 53.8 Å². The third-order valence-electron chi connectivity index (χ3n) is 3.43. The molecule has 1 amide bonds. The predicted octanol–water partition coefficient (Wildman–Crippen LogP) is 3.18. The average molecular weight is 405 g/mol. The van der Waals surface area contributed by atoms with Crippen LogP contribution < -0.4 is 16.0 Å². The number of carbonyl (C=O) groups excluding carboxylic acids is 1. The number of aliphatic imine (C=N–C) groups is 1. The van der Waals surface area contributed by atoms with E-state index in [1.54, 1.807) is 48.9 Å². The van der Waals surface area contributed by atoms with Crippen LogP contribution in [-0.4, -0.2) is 27.3 Å². The van der Waals surface area contributed by atoms with Crippen LogP contribution in [0.25, 0.3) is 0 Å². The van der Waals surface area contributed by atoms with Crippen LogP contribution in [0.1, 0.15) is 22.8 Å². The van der Waals surface area contributed by atoms with Gasteiger partial charge < -0.3 is 16.0 Å². The van der Waals surface area contributed by atoms with Crippen LogP contribution in [0.2, 0.25) is 0 Å². The number of nitrogens with one attached hydrogen (secondary N) is 3. The fourth-order valence-electron chi connectivity index (χ4n) is 2.15. The van der Waals surface area contributed by atoms with Gasteiger partial charge in [0, 0.05) is 11.8 Å². The Labute approximate surface area is 167 Å². The first-order valence-electron chi connectivity index (χ1n) is 7.95. The summed E-state index contributed by atoms with van der Waals surface area (Å²) < 4.78 is -1.40. The molecule has 0 saturated heterocycles. The van der Waals surface area contributed by atoms with E-state index < -0.39 is 10.5 Å². The predicted molar refractivity (Wildman–Crippen MR) is 107 cm³/mol. The Bertz CT molecular complexity index is 858. The topological polar surface area (TPSA) is 102 Å². The van der Waals surface area contributed by atoms with Gasteiger partial charge in [-0.25, -0.2) is 0 Å². The molecule has 0 aliphatic heterocycles. The summed E-state index contributed by atoms with van der Waals surface area (Å²) in [5.41, 5.74) is 1.99. The van der Waals surface area contributed by atoms with Gasteiger partial charge in [0.05, 0.1) is 11.9 Å². The summed E-state index contributed by atoms with van der Waals surface area (Å²) in [6, 6.07) is 10.5. The molecule has 140 valence electrons. The number of guanidine groups is 1. The number of rotatable bonds is 5. The molecule has 0 fully saturated rings. The SMILES string of the molecule is Cc1cccc(C(=O)NC(N/C(=N/C#N)Nc2cccnc2)C(C)(Cl)Cl)c1. The van der Waals surface area contributed by atoms with Crippen LogP contribution in [-0.2, 0) is 0 Å². The zero-order valence-electron chi connectivity index (χ0n) is 14.7. The van der Waals surface area contributed by atoms with Gasteiger partial charge >= 0.3 is 0 Å². The first-order chi connectivity index (χ1) is 12.8. The number of hydrogen-bond donors (Lipinski definition) is 3. The molecule has 1 atom stereocenters. The third kappa shape index (κ3) is 6.44. The van der Waals surface area contributed by atoms with Gasteiger partial charge in [0.1, 0.15) is 6.17 Å². The Morgan fingerprint density at radius 2 is 2.07 bits per heavy atom. The van der Waals surface area contributed by atoms with Crippen molar-refractivity contribution in [2.24, 2.45) is 4.99 Å². The molecule has 2 aromatic rings. The molecular weight excluding hydrogens is 387 g/mol. The lowest BCUT2D eigenvalue weighted by Crippen LogP contribution is -2.57. The van der Waals surface area contributed by atoms with Crippen LogP contribution in [0, 0.1) is 18.4 Å². The van der Waals surface area contributed by atoms with Gasteiger partial charge in [-0.05, 0) is 38.1 Å². The van der Waals surface area contributed by atoms with Crippen molar-refractivity contribution in [3.63, 3.8) is 0 Å². The summed E-state index contributed by atoms with van der Waals surface area (Å²) in [6.45, 7) is 3.40. The first kappa shape index (κ1) is 20.5. The summed E-state index contributed by atoms with van der Waals surface area (Å²) in [7, 11) is 0. The molecule has 3 N–H and O–H groups in total. The molecule has 1 unspecified atom stereocenters. The molecule has 1 aromatic carbocycles. The van der Waals surface area contributed by atoms with Crippen molar-refractivity contribution in [1.29, 1.82) is 5.26 Å². The maximum absolute atomic E-state index is 12.5. The number of anilines is 1. The molecule has 27 heavy (non-hydrogen) atoms. The van der Waals surface area contributed by atoms with E-state index in [4.69, 9.17) is 28.5 Å². The van der Waals surface area contributed by atoms with E-state index in [0.29, 0.717) is 11.3 Å². The van der Waals surface area contributed by atoms with Gasteiger partial charge in [-0.1, -0.05) is 40.9 Å². The van der Waals surface area contributed by atoms with Crippen LogP contribution in [0.4, 0.5) is 5.69 Å². The number of benzene rings is 1. The number of carbonyl (C=O) groups is 1. The highest BCUT2D eigenvalue weighted by Crippen LogP contribution is 2.23. The van der Waals surface area contributed by atoms with Crippen molar-refractivity contribution < 1.29 is 4.79 Å². The largest absolute Gasteiger partial charge is 0.332 e. The van der Waals surface area contributed by atoms with Crippen LogP contribution in [0.3, 0.4) is 0 Å². The standard InChI is InChI=1S/C18H18Cl2N6O/c1-12-5-3-6-13(9-12)15(27)25-16(18(2,19)20)26-17(23-11-21)24-14-7-4-8-22-10-14/h3-10,16H,1-2H3,(H,25,27)(H2,23,24,26). The normalized spacial score (nSPS) is 12.6. The fourth-order valence-corrected chi connectivity index (χ4v) is 2.36. The van der Waals surface area contributed by atoms with Crippen LogP contribution >= 0.6 is 23.2 Å². The summed E-state index contributed by atoms with van der Waals surface area (Å²) in [5.74, 6) is -0.311. The number of pyridine rings is 1. The second-order valence-corrected chi connectivity index (χ2v) is 7.57. The Hall–Kier alpha value is -2.82. The summed E-state index contributed by atoms with van der Waals surface area (Å²) in [5, 5.41) is 17.4. The number of aryl methyl sites for hydroxylation is 1. The molecule has 0 aliphatic rings. The number of amides is 1. The second-order valence-electron chi connectivity index (χ2n) is 5.80. The molecular formula is C18H18Cl2N6O. The minimum Gasteiger partial charge on any atom is -0.332 e. The van der Waals surface area contributed by atoms with Gasteiger partial charge in [0.2, 0.25) is 12.2 Å². The number of alkyl halides is 2. The maximum Gasteiger partial charge on any atom is 0.252 e. The maximum atomic E-state index is 12.5. The highest BCUT2D eigenvalue weighted by molar-refractivity contribution is 6.48. The van der Waals surface area contributed by atoms with Gasteiger partial charge in [-0.2, -0.15) is 5.26 Å². The number of aromatic nitrogens is 1. The minimum atomic E-state index is -1.40. The zero-order chi connectivity index (χ0) is 19.9. The Morgan fingerprint density at radius 1 is 1.30 bits per heavy atom. The highest BCUT2D eigenvalue weighted by Gasteiger charge is 2.32. The Balaban J connectivity index is 2.18. The molecule has 9 heteroatoms. The highest BCUT2D eigenvalue weighted by atomic mass is 35.5. The van der Waals surface area contributed by atoms with E-state index in [9.17, 15) is 4.79 Å². The van der Waals surface area contributed by atoms with E-state index >= 15 is 0 Å². The van der Waals surface area contributed by atoms with Gasteiger partial charge in [-0.15, -0.1) is 4.99 Å². The minimum absolute atomic E-state index is 0.0626. The van der Waals surface area contributed by atoms with Crippen molar-refractivity contribution in [3.8, 4) is 6.19 Å². The fraction of sp³-hybridized carbons (Fsp3) is 0.222. The number of hydrogen-bond acceptors (Lipinski definition) is 4. The van der Waals surface area contributed by atoms with E-state index in [1.807, 2.05) is 13.0 Å². The molecule has 0 radical (unpaired) electrons. The lowest BCUT2D eigenvalue weighted by Gasteiger charge is -2.29. The second kappa shape index (κ2) is 9.21. The van der Waals surface area contributed by atoms with E-state index in [2.05, 4.69) is 25.9 Å². The monoisotopic (exact) mass is 404 g/mol. The number of halogens is 2. The zero-order valence-corrected chi connectivity index (χ0v) is 16.2. The summed E-state index contributed by atoms with van der Waals surface area (Å²) in [6.07, 6.45) is 3.90. The smallest absolute Gasteiger partial charge is 0.252 e.